The lowest BCUT2D eigenvalue weighted by Crippen LogP contribution is -2.16. The molecule has 0 saturated carbocycles. The number of aromatic nitrogens is 2. The Bertz CT molecular complexity index is 975. The minimum Gasteiger partial charge on any atom is -0.483 e. The van der Waals surface area contributed by atoms with Crippen molar-refractivity contribution in [2.75, 3.05) is 0 Å². The van der Waals surface area contributed by atoms with Crippen molar-refractivity contribution < 1.29 is 9.66 Å². The summed E-state index contributed by atoms with van der Waals surface area (Å²) in [5.41, 5.74) is 0.753. The molecule has 0 saturated heterocycles. The molecule has 0 aliphatic heterocycles. The summed E-state index contributed by atoms with van der Waals surface area (Å²) in [6.07, 6.45) is -0.494. The molecule has 0 amide bonds. The van der Waals surface area contributed by atoms with E-state index in [1.807, 2.05) is 13.8 Å². The van der Waals surface area contributed by atoms with E-state index in [0.717, 1.165) is 10.4 Å². The molecule has 0 spiro atoms. The van der Waals surface area contributed by atoms with Gasteiger partial charge in [0.1, 0.15) is 10.6 Å². The summed E-state index contributed by atoms with van der Waals surface area (Å²) in [4.78, 5) is 31.5. The predicted octanol–water partition coefficient (Wildman–Crippen LogP) is 3.65. The van der Waals surface area contributed by atoms with E-state index in [9.17, 15) is 14.9 Å². The van der Waals surface area contributed by atoms with E-state index in [1.54, 1.807) is 6.92 Å². The maximum absolute atomic E-state index is 12.3. The van der Waals surface area contributed by atoms with Crippen LogP contribution in [0.15, 0.2) is 29.1 Å². The molecular formula is C16H15N3O4S. The number of aromatic amines is 1. The van der Waals surface area contributed by atoms with Crippen molar-refractivity contribution >= 4 is 27.2 Å². The second kappa shape index (κ2) is 6.04. The molecular weight excluding hydrogens is 330 g/mol. The third-order valence-corrected chi connectivity index (χ3v) is 4.90. The van der Waals surface area contributed by atoms with Gasteiger partial charge in [-0.05, 0) is 38.5 Å². The quantitative estimate of drug-likeness (QED) is 0.575. The molecule has 1 unspecified atom stereocenters. The summed E-state index contributed by atoms with van der Waals surface area (Å²) in [7, 11) is 0. The Morgan fingerprint density at radius 1 is 1.29 bits per heavy atom. The summed E-state index contributed by atoms with van der Waals surface area (Å²) in [5, 5.41) is 11.3. The van der Waals surface area contributed by atoms with Crippen molar-refractivity contribution in [3.05, 3.63) is 61.0 Å². The van der Waals surface area contributed by atoms with Crippen molar-refractivity contribution in [3.8, 4) is 5.75 Å². The third kappa shape index (κ3) is 2.88. The van der Waals surface area contributed by atoms with Crippen LogP contribution in [0, 0.1) is 24.0 Å². The Kier molecular flexibility index (Phi) is 4.06. The topological polar surface area (TPSA) is 98.1 Å². The fourth-order valence-corrected chi connectivity index (χ4v) is 3.41. The number of nitrogens with zero attached hydrogens (tertiary/aromatic N) is 2. The number of H-pyrrole nitrogens is 1. The van der Waals surface area contributed by atoms with Gasteiger partial charge >= 0.3 is 0 Å². The predicted molar refractivity (Wildman–Crippen MR) is 91.9 cm³/mol. The van der Waals surface area contributed by atoms with Gasteiger partial charge in [-0.1, -0.05) is 0 Å². The molecule has 3 aromatic rings. The maximum Gasteiger partial charge on any atom is 0.269 e. The highest BCUT2D eigenvalue weighted by molar-refractivity contribution is 7.18. The van der Waals surface area contributed by atoms with Gasteiger partial charge in [-0.3, -0.25) is 14.9 Å². The number of nitrogens with one attached hydrogen (secondary N) is 1. The van der Waals surface area contributed by atoms with Crippen molar-refractivity contribution in [1.29, 1.82) is 0 Å². The molecule has 124 valence electrons. The van der Waals surface area contributed by atoms with Gasteiger partial charge in [0.15, 0.2) is 11.9 Å². The summed E-state index contributed by atoms with van der Waals surface area (Å²) < 4.78 is 5.73. The lowest BCUT2D eigenvalue weighted by Gasteiger charge is -2.13. The molecule has 0 fully saturated rings. The number of nitro benzene ring substituents is 1. The van der Waals surface area contributed by atoms with Crippen LogP contribution in [0.4, 0.5) is 5.69 Å². The Hall–Kier alpha value is -2.74. The first-order valence-corrected chi connectivity index (χ1v) is 8.09. The molecule has 1 N–H and O–H groups in total. The van der Waals surface area contributed by atoms with Crippen molar-refractivity contribution in [2.24, 2.45) is 0 Å². The highest BCUT2D eigenvalue weighted by Crippen LogP contribution is 2.27. The van der Waals surface area contributed by atoms with Crippen LogP contribution in [0.5, 0.6) is 5.75 Å². The molecule has 2 heterocycles. The number of aryl methyl sites for hydroxylation is 2. The van der Waals surface area contributed by atoms with E-state index in [0.29, 0.717) is 21.8 Å². The molecule has 0 bridgehead atoms. The number of hydrogen-bond donors (Lipinski definition) is 1. The van der Waals surface area contributed by atoms with Crippen LogP contribution in [0.25, 0.3) is 10.2 Å². The standard InChI is InChI=1S/C16H15N3O4S/c1-8-10(3)24-16-13(8)15(20)17-14(18-16)9(2)23-12-6-4-11(5-7-12)19(21)22/h4-7,9H,1-3H3,(H,17,18,20). The SMILES string of the molecule is Cc1sc2nc(C(C)Oc3ccc([N+](=O)[O-])cc3)[nH]c(=O)c2c1C. The van der Waals surface area contributed by atoms with E-state index in [1.165, 1.54) is 35.6 Å². The summed E-state index contributed by atoms with van der Waals surface area (Å²) in [6.45, 7) is 5.62. The molecule has 7 nitrogen and oxygen atoms in total. The van der Waals surface area contributed by atoms with Crippen LogP contribution in [0.2, 0.25) is 0 Å². The molecule has 1 aromatic carbocycles. The highest BCUT2D eigenvalue weighted by atomic mass is 32.1. The Labute approximate surface area is 141 Å². The van der Waals surface area contributed by atoms with Crippen molar-refractivity contribution in [2.45, 2.75) is 26.9 Å². The molecule has 0 aliphatic rings. The number of nitro groups is 1. The summed E-state index contributed by atoms with van der Waals surface area (Å²) in [6, 6.07) is 5.77. The summed E-state index contributed by atoms with van der Waals surface area (Å²) in [5.74, 6) is 0.890. The Morgan fingerprint density at radius 2 is 1.96 bits per heavy atom. The van der Waals surface area contributed by atoms with Gasteiger partial charge < -0.3 is 9.72 Å². The number of ether oxygens (including phenoxy) is 1. The number of thiophene rings is 1. The minimum atomic E-state index is -0.494. The molecule has 2 aromatic heterocycles. The zero-order valence-electron chi connectivity index (χ0n) is 13.3. The van der Waals surface area contributed by atoms with Gasteiger partial charge in [0.25, 0.3) is 11.2 Å². The van der Waals surface area contributed by atoms with Crippen LogP contribution in [-0.2, 0) is 0 Å². The highest BCUT2D eigenvalue weighted by Gasteiger charge is 2.16. The zero-order chi connectivity index (χ0) is 17.4. The van der Waals surface area contributed by atoms with Gasteiger partial charge in [-0.15, -0.1) is 11.3 Å². The van der Waals surface area contributed by atoms with E-state index in [-0.39, 0.29) is 11.2 Å². The van der Waals surface area contributed by atoms with Gasteiger partial charge in [0.2, 0.25) is 0 Å². The number of benzene rings is 1. The molecule has 24 heavy (non-hydrogen) atoms. The first-order valence-electron chi connectivity index (χ1n) is 7.28. The normalized spacial score (nSPS) is 12.3. The van der Waals surface area contributed by atoms with Crippen LogP contribution in [0.3, 0.4) is 0 Å². The van der Waals surface area contributed by atoms with Crippen LogP contribution in [-0.4, -0.2) is 14.9 Å². The monoisotopic (exact) mass is 345 g/mol. The maximum atomic E-state index is 12.3. The number of rotatable bonds is 4. The molecule has 1 atom stereocenters. The zero-order valence-corrected chi connectivity index (χ0v) is 14.1. The number of fused-ring (bicyclic) bond motifs is 1. The fraction of sp³-hybridized carbons (Fsp3) is 0.250. The van der Waals surface area contributed by atoms with E-state index < -0.39 is 11.0 Å². The average molecular weight is 345 g/mol. The van der Waals surface area contributed by atoms with Gasteiger partial charge in [-0.2, -0.15) is 0 Å². The second-order valence-electron chi connectivity index (χ2n) is 5.43. The van der Waals surface area contributed by atoms with Crippen LogP contribution < -0.4 is 10.3 Å². The van der Waals surface area contributed by atoms with Gasteiger partial charge in [0, 0.05) is 17.0 Å². The molecule has 0 radical (unpaired) electrons. The minimum absolute atomic E-state index is 0.00695. The van der Waals surface area contributed by atoms with Crippen molar-refractivity contribution in [1.82, 2.24) is 9.97 Å². The average Bonchev–Trinajstić information content (AvgIpc) is 2.82. The summed E-state index contributed by atoms with van der Waals surface area (Å²) >= 11 is 1.47. The largest absolute Gasteiger partial charge is 0.483 e. The smallest absolute Gasteiger partial charge is 0.269 e. The molecule has 8 heteroatoms. The Morgan fingerprint density at radius 3 is 2.58 bits per heavy atom. The molecule has 3 rings (SSSR count). The van der Waals surface area contributed by atoms with Crippen LogP contribution >= 0.6 is 11.3 Å². The fourth-order valence-electron chi connectivity index (χ4n) is 2.37. The Balaban J connectivity index is 1.89. The van der Waals surface area contributed by atoms with E-state index in [2.05, 4.69) is 9.97 Å². The molecule has 0 aliphatic carbocycles. The van der Waals surface area contributed by atoms with Crippen molar-refractivity contribution in [3.63, 3.8) is 0 Å². The lowest BCUT2D eigenvalue weighted by atomic mass is 10.2. The number of hydrogen-bond acceptors (Lipinski definition) is 6. The van der Waals surface area contributed by atoms with Crippen LogP contribution in [0.1, 0.15) is 29.3 Å². The first kappa shape index (κ1) is 16.1. The van der Waals surface area contributed by atoms with E-state index in [4.69, 9.17) is 4.74 Å². The van der Waals surface area contributed by atoms with Gasteiger partial charge in [0.05, 0.1) is 10.3 Å². The van der Waals surface area contributed by atoms with Gasteiger partial charge in [-0.25, -0.2) is 4.98 Å². The second-order valence-corrected chi connectivity index (χ2v) is 6.63. The first-order chi connectivity index (χ1) is 11.4. The lowest BCUT2D eigenvalue weighted by molar-refractivity contribution is -0.384. The number of non-ortho nitro benzene ring substituents is 1. The van der Waals surface area contributed by atoms with E-state index >= 15 is 0 Å². The third-order valence-electron chi connectivity index (χ3n) is 3.80.